The van der Waals surface area contributed by atoms with Gasteiger partial charge in [-0.2, -0.15) is 0 Å². The molecular weight excluding hydrogens is 875 g/mol. The van der Waals surface area contributed by atoms with Crippen molar-refractivity contribution in [3.8, 4) is 0 Å². The number of rotatable bonds is 49. The molecule has 0 bridgehead atoms. The molecule has 9 nitrogen and oxygen atoms in total. The Morgan fingerprint density at radius 3 is 1.21 bits per heavy atom. The van der Waals surface area contributed by atoms with Gasteiger partial charge in [-0.25, -0.2) is 4.79 Å². The predicted octanol–water partition coefficient (Wildman–Crippen LogP) is 15.9. The van der Waals surface area contributed by atoms with Gasteiger partial charge in [0.25, 0.3) is 6.29 Å². The number of unbranched alkanes of at least 4 members (excludes halogenated alkanes) is 16. The summed E-state index contributed by atoms with van der Waals surface area (Å²) in [5.74, 6) is -2.05. The van der Waals surface area contributed by atoms with Gasteiger partial charge in [-0.3, -0.25) is 9.59 Å². The summed E-state index contributed by atoms with van der Waals surface area (Å²) < 4.78 is 22.8. The van der Waals surface area contributed by atoms with Crippen LogP contribution in [0.15, 0.2) is 109 Å². The molecule has 0 aromatic carbocycles. The monoisotopic (exact) mass is 977 g/mol. The maximum Gasteiger partial charge on any atom is 0.361 e. The third-order valence-corrected chi connectivity index (χ3v) is 11.3. The lowest BCUT2D eigenvalue weighted by Crippen LogP contribution is -2.40. The van der Waals surface area contributed by atoms with Crippen LogP contribution < -0.4 is 0 Å². The Morgan fingerprint density at radius 1 is 0.443 bits per heavy atom. The van der Waals surface area contributed by atoms with E-state index in [2.05, 4.69) is 123 Å². The molecule has 0 aliphatic heterocycles. The zero-order valence-electron chi connectivity index (χ0n) is 45.1. The molecule has 2 atom stereocenters. The molecule has 0 saturated heterocycles. The highest BCUT2D eigenvalue weighted by Gasteiger charge is 2.25. The summed E-state index contributed by atoms with van der Waals surface area (Å²) in [6.45, 7) is 4.70. The Morgan fingerprint density at radius 2 is 0.814 bits per heavy atom. The molecule has 70 heavy (non-hydrogen) atoms. The van der Waals surface area contributed by atoms with Crippen molar-refractivity contribution >= 4 is 17.9 Å². The molecule has 0 heterocycles. The van der Waals surface area contributed by atoms with Crippen LogP contribution >= 0.6 is 0 Å². The van der Waals surface area contributed by atoms with Gasteiger partial charge in [-0.15, -0.1) is 0 Å². The molecule has 1 N–H and O–H groups in total. The van der Waals surface area contributed by atoms with E-state index in [4.69, 9.17) is 18.9 Å². The third kappa shape index (κ3) is 51.8. The number of likely N-dealkylation sites (N-methyl/N-ethyl adjacent to an activating group) is 1. The number of quaternary nitrogens is 1. The van der Waals surface area contributed by atoms with E-state index in [1.54, 1.807) is 0 Å². The van der Waals surface area contributed by atoms with Crippen molar-refractivity contribution in [3.63, 3.8) is 0 Å². The number of esters is 2. The van der Waals surface area contributed by atoms with E-state index in [9.17, 15) is 19.5 Å². The quantitative estimate of drug-likeness (QED) is 0.0211. The lowest BCUT2D eigenvalue weighted by Gasteiger charge is -2.25. The van der Waals surface area contributed by atoms with Gasteiger partial charge in [-0.05, 0) is 103 Å². The molecule has 0 aromatic rings. The molecule has 0 fully saturated rings. The molecule has 9 heteroatoms. The van der Waals surface area contributed by atoms with E-state index in [0.29, 0.717) is 17.4 Å². The van der Waals surface area contributed by atoms with E-state index in [0.717, 1.165) is 116 Å². The standard InChI is InChI=1S/C61H101NO8/c1-6-8-10-12-14-16-18-20-22-24-26-27-28-29-30-31-32-33-34-36-38-40-42-44-46-48-50-52-59(64)70-57(56-69-61(60(65)66)67-54-53-62(3,4)5)55-68-58(63)51-49-47-45-43-41-39-37-35-25-23-21-19-17-15-13-11-9-7-2/h8,10,14,16-17,19-20,22-23,25-27,29-30,32-33,36,38,57,61H,6-7,9,11-13,15,18,21,24,28,31,34-35,37,39-56H2,1-5H3/p+1/b10-8-,16-14-,19-17-,22-20-,25-23-,27-26-,30-29-,33-32-,38-36-. The number of allylic oxidation sites excluding steroid dienone is 18. The SMILES string of the molecule is CC/C=C\C/C=C\C/C=C\C/C=C\C/C=C\C/C=C\C/C=C\CCCCCCCC(=O)OC(COC(=O)CCCCCCCCC/C=C\C/C=C\CCCCCC)COC(OCC[N+](C)(C)C)C(=O)O. The number of carboxylic acid groups (broad SMARTS) is 1. The van der Waals surface area contributed by atoms with Gasteiger partial charge in [0.05, 0.1) is 34.4 Å². The summed E-state index contributed by atoms with van der Waals surface area (Å²) in [6, 6.07) is 0. The highest BCUT2D eigenvalue weighted by Crippen LogP contribution is 2.13. The lowest BCUT2D eigenvalue weighted by molar-refractivity contribution is -0.870. The highest BCUT2D eigenvalue weighted by atomic mass is 16.7. The van der Waals surface area contributed by atoms with Crippen LogP contribution in [0.2, 0.25) is 0 Å². The largest absolute Gasteiger partial charge is 0.477 e. The lowest BCUT2D eigenvalue weighted by atomic mass is 10.1. The van der Waals surface area contributed by atoms with Gasteiger partial charge in [0.2, 0.25) is 0 Å². The number of hydrogen-bond donors (Lipinski definition) is 1. The van der Waals surface area contributed by atoms with E-state index in [1.165, 1.54) is 51.4 Å². The number of hydrogen-bond acceptors (Lipinski definition) is 7. The number of nitrogens with zero attached hydrogens (tertiary/aromatic N) is 1. The first-order chi connectivity index (χ1) is 34.1. The van der Waals surface area contributed by atoms with Gasteiger partial charge < -0.3 is 28.5 Å². The van der Waals surface area contributed by atoms with Crippen LogP contribution in [0.5, 0.6) is 0 Å². The van der Waals surface area contributed by atoms with Crippen LogP contribution in [-0.2, 0) is 33.3 Å². The maximum absolute atomic E-state index is 12.9. The fourth-order valence-electron chi connectivity index (χ4n) is 7.02. The molecule has 0 aliphatic rings. The van der Waals surface area contributed by atoms with Crippen LogP contribution in [0.1, 0.15) is 200 Å². The zero-order valence-corrected chi connectivity index (χ0v) is 45.1. The fraction of sp³-hybridized carbons (Fsp3) is 0.656. The minimum absolute atomic E-state index is 0.176. The summed E-state index contributed by atoms with van der Waals surface area (Å²) in [5.41, 5.74) is 0. The van der Waals surface area contributed by atoms with Crippen molar-refractivity contribution in [2.24, 2.45) is 0 Å². The second-order valence-electron chi connectivity index (χ2n) is 19.2. The molecule has 0 radical (unpaired) electrons. The number of carbonyl (C=O) groups is 3. The molecule has 398 valence electrons. The van der Waals surface area contributed by atoms with E-state index in [-0.39, 0.29) is 38.6 Å². The molecular formula is C61H102NO8+. The Kier molecular flexibility index (Phi) is 48.3. The van der Waals surface area contributed by atoms with Gasteiger partial charge in [0.1, 0.15) is 13.2 Å². The summed E-state index contributed by atoms with van der Waals surface area (Å²) in [7, 11) is 5.95. The number of aliphatic carboxylic acids is 1. The first-order valence-electron chi connectivity index (χ1n) is 27.6. The summed E-state index contributed by atoms with van der Waals surface area (Å²) in [4.78, 5) is 37.4. The van der Waals surface area contributed by atoms with Crippen molar-refractivity contribution in [1.82, 2.24) is 0 Å². The average molecular weight is 977 g/mol. The molecule has 0 aromatic heterocycles. The second-order valence-corrected chi connectivity index (χ2v) is 19.2. The topological polar surface area (TPSA) is 108 Å². The minimum Gasteiger partial charge on any atom is -0.477 e. The van der Waals surface area contributed by atoms with Crippen molar-refractivity contribution in [1.29, 1.82) is 0 Å². The normalized spacial score (nSPS) is 13.7. The Hall–Kier alpha value is -4.05. The molecule has 0 spiro atoms. The van der Waals surface area contributed by atoms with Gasteiger partial charge in [0, 0.05) is 12.8 Å². The van der Waals surface area contributed by atoms with E-state index < -0.39 is 24.3 Å². The van der Waals surface area contributed by atoms with Crippen LogP contribution in [0.25, 0.3) is 0 Å². The number of carbonyl (C=O) groups excluding carboxylic acids is 2. The van der Waals surface area contributed by atoms with Crippen molar-refractivity contribution < 1.29 is 42.9 Å². The van der Waals surface area contributed by atoms with Crippen LogP contribution in [0, 0.1) is 0 Å². The third-order valence-electron chi connectivity index (χ3n) is 11.3. The Balaban J connectivity index is 4.38. The smallest absolute Gasteiger partial charge is 0.361 e. The number of carboxylic acids is 1. The summed E-state index contributed by atoms with van der Waals surface area (Å²) >= 11 is 0. The van der Waals surface area contributed by atoms with Crippen molar-refractivity contribution in [2.75, 3.05) is 47.5 Å². The zero-order chi connectivity index (χ0) is 51.3. The highest BCUT2D eigenvalue weighted by molar-refractivity contribution is 5.71. The average Bonchev–Trinajstić information content (AvgIpc) is 3.33. The fourth-order valence-corrected chi connectivity index (χ4v) is 7.02. The predicted molar refractivity (Wildman–Crippen MR) is 295 cm³/mol. The van der Waals surface area contributed by atoms with Crippen LogP contribution in [0.4, 0.5) is 0 Å². The van der Waals surface area contributed by atoms with Gasteiger partial charge in [0.15, 0.2) is 6.10 Å². The Labute approximate surface area is 428 Å². The molecule has 0 aliphatic carbocycles. The van der Waals surface area contributed by atoms with Crippen LogP contribution in [0.3, 0.4) is 0 Å². The van der Waals surface area contributed by atoms with E-state index in [1.807, 2.05) is 21.1 Å². The Bertz CT molecular complexity index is 1510. The van der Waals surface area contributed by atoms with Crippen LogP contribution in [-0.4, -0.2) is 87.4 Å². The van der Waals surface area contributed by atoms with E-state index >= 15 is 0 Å². The molecule has 0 amide bonds. The summed E-state index contributed by atoms with van der Waals surface area (Å²) in [6.07, 6.45) is 67.2. The molecule has 0 saturated carbocycles. The first-order valence-corrected chi connectivity index (χ1v) is 27.6. The molecule has 0 rings (SSSR count). The minimum atomic E-state index is -1.52. The first kappa shape index (κ1) is 66.0. The number of ether oxygens (including phenoxy) is 4. The van der Waals surface area contributed by atoms with Crippen molar-refractivity contribution in [3.05, 3.63) is 109 Å². The van der Waals surface area contributed by atoms with Gasteiger partial charge in [-0.1, -0.05) is 194 Å². The summed E-state index contributed by atoms with van der Waals surface area (Å²) in [5, 5.41) is 9.69. The second kappa shape index (κ2) is 51.3. The maximum atomic E-state index is 12.9. The van der Waals surface area contributed by atoms with Gasteiger partial charge >= 0.3 is 17.9 Å². The van der Waals surface area contributed by atoms with Crippen molar-refractivity contribution in [2.45, 2.75) is 212 Å². The molecule has 2 unspecified atom stereocenters.